The van der Waals surface area contributed by atoms with Crippen molar-refractivity contribution < 1.29 is 27.1 Å². The van der Waals surface area contributed by atoms with E-state index in [-0.39, 0.29) is 9.30 Å². The number of rotatable bonds is 16. The van der Waals surface area contributed by atoms with Gasteiger partial charge >= 0.3 is 192 Å². The summed E-state index contributed by atoms with van der Waals surface area (Å²) in [5.74, 6) is 3.07. The van der Waals surface area contributed by atoms with Crippen molar-refractivity contribution in [2.75, 3.05) is 16.4 Å². The molecule has 5 heteroatoms. The molecular formula is C24H50ClINO2-. The van der Waals surface area contributed by atoms with E-state index in [1.165, 1.54) is 12.8 Å². The molecule has 3 nitrogen and oxygen atoms in total. The fourth-order valence-corrected chi connectivity index (χ4v) is 8.42. The molecule has 0 radical (unpaired) electrons. The number of halogens is 2. The molecule has 0 aliphatic carbocycles. The number of ketones is 1. The van der Waals surface area contributed by atoms with Gasteiger partial charge in [-0.05, 0) is 0 Å². The van der Waals surface area contributed by atoms with E-state index in [9.17, 15) is 8.23 Å². The van der Waals surface area contributed by atoms with Crippen LogP contribution < -0.4 is 24.6 Å². The summed E-state index contributed by atoms with van der Waals surface area (Å²) in [5, 5.41) is 0.217. The number of Topliss-reactive ketones (excluding diaryl/α,β-unsaturated/α-hetero) is 1. The Morgan fingerprint density at radius 1 is 1.03 bits per heavy atom. The van der Waals surface area contributed by atoms with Crippen molar-refractivity contribution in [1.82, 2.24) is 0 Å². The summed E-state index contributed by atoms with van der Waals surface area (Å²) in [4.78, 5) is 16.9. The second-order valence-electron chi connectivity index (χ2n) is 9.97. The molecule has 0 bridgehead atoms. The quantitative estimate of drug-likeness (QED) is 0.231. The predicted octanol–water partition coefficient (Wildman–Crippen LogP) is 2.75. The molecule has 0 aromatic heterocycles. The Kier molecular flexibility index (Phi) is 14.9. The Hall–Kier alpha value is 0.610. The van der Waals surface area contributed by atoms with E-state index < -0.39 is 18.8 Å². The molecule has 0 spiro atoms. The molecule has 0 aliphatic rings. The number of alkyl halides is 4. The number of carbonyl (C=O) groups is 1. The normalized spacial score (nSPS) is 20.4. The van der Waals surface area contributed by atoms with Crippen molar-refractivity contribution in [3.05, 3.63) is 0 Å². The van der Waals surface area contributed by atoms with Gasteiger partial charge in [0.1, 0.15) is 0 Å². The van der Waals surface area contributed by atoms with E-state index in [2.05, 4.69) is 41.5 Å². The van der Waals surface area contributed by atoms with Crippen LogP contribution in [0.15, 0.2) is 0 Å². The van der Waals surface area contributed by atoms with Crippen LogP contribution >= 0.6 is 11.6 Å². The summed E-state index contributed by atoms with van der Waals surface area (Å²) >= 11 is 3.45. The van der Waals surface area contributed by atoms with E-state index in [0.29, 0.717) is 54.8 Å². The molecule has 0 amide bonds. The molecular weight excluding hydrogens is 497 g/mol. The summed E-state index contributed by atoms with van der Waals surface area (Å²) in [7, 11) is 0. The van der Waals surface area contributed by atoms with Crippen LogP contribution in [0.5, 0.6) is 0 Å². The van der Waals surface area contributed by atoms with Crippen molar-refractivity contribution in [1.29, 1.82) is 0 Å². The van der Waals surface area contributed by atoms with Crippen LogP contribution in [0.1, 0.15) is 86.5 Å². The Balaban J connectivity index is 5.01. The van der Waals surface area contributed by atoms with Gasteiger partial charge in [0.05, 0.1) is 0 Å². The van der Waals surface area contributed by atoms with E-state index in [4.69, 9.17) is 17.3 Å². The van der Waals surface area contributed by atoms with Gasteiger partial charge < -0.3 is 0 Å². The van der Waals surface area contributed by atoms with Gasteiger partial charge in [-0.2, -0.15) is 0 Å². The van der Waals surface area contributed by atoms with Gasteiger partial charge in [-0.3, -0.25) is 0 Å². The number of carbonyl (C=O) groups excluding carboxylic acids is 1. The van der Waals surface area contributed by atoms with Crippen LogP contribution in [0.4, 0.5) is 0 Å². The average Bonchev–Trinajstić information content (AvgIpc) is 2.60. The van der Waals surface area contributed by atoms with Crippen molar-refractivity contribution in [3.8, 4) is 0 Å². The number of hydrogen-bond donors (Lipinski definition) is 2. The standard InChI is InChI=1S/C24H50ClINO2/c1-9-18(3)24(14-17(2)13-20(5)25)21(6)19(4)15-23(28)16-22(11-10-12-27)26(7,8)29/h17-22,24,29H,9-16,27H2,1-8H3/q-1/t17-,18+,19+,20-,21+,22?,24-/m0/s1. The van der Waals surface area contributed by atoms with Gasteiger partial charge in [0.25, 0.3) is 0 Å². The molecule has 29 heavy (non-hydrogen) atoms. The second kappa shape index (κ2) is 14.6. The molecule has 0 heterocycles. The molecule has 0 saturated carbocycles. The Bertz CT molecular complexity index is 453. The van der Waals surface area contributed by atoms with Crippen molar-refractivity contribution in [3.63, 3.8) is 0 Å². The predicted molar refractivity (Wildman–Crippen MR) is 125 cm³/mol. The minimum atomic E-state index is -2.78. The van der Waals surface area contributed by atoms with Crippen LogP contribution in [0.3, 0.4) is 0 Å². The fourth-order valence-electron chi connectivity index (χ4n) is 4.58. The zero-order valence-corrected chi connectivity index (χ0v) is 23.3. The zero-order chi connectivity index (χ0) is 22.8. The Morgan fingerprint density at radius 2 is 1.62 bits per heavy atom. The van der Waals surface area contributed by atoms with Gasteiger partial charge in [0, 0.05) is 0 Å². The average molecular weight is 547 g/mol. The van der Waals surface area contributed by atoms with E-state index >= 15 is 0 Å². The SMILES string of the molecule is CC[C@@H](C)[C@H](C[C@@H](C)C[C@H](C)Cl)[C@H](C)[C@H](C)CC(=O)CC(CCCN)[I-](C)(C)O. The van der Waals surface area contributed by atoms with Gasteiger partial charge in [0.2, 0.25) is 0 Å². The first-order valence-electron chi connectivity index (χ1n) is 11.5. The first kappa shape index (κ1) is 29.6. The topological polar surface area (TPSA) is 63.3 Å². The molecule has 0 saturated heterocycles. The monoisotopic (exact) mass is 546 g/mol. The van der Waals surface area contributed by atoms with Gasteiger partial charge in [-0.15, -0.1) is 0 Å². The zero-order valence-electron chi connectivity index (χ0n) is 20.4. The summed E-state index contributed by atoms with van der Waals surface area (Å²) in [5.41, 5.74) is 5.66. The first-order valence-corrected chi connectivity index (χ1v) is 18.5. The van der Waals surface area contributed by atoms with E-state index in [1.807, 2.05) is 9.86 Å². The third kappa shape index (κ3) is 12.3. The maximum absolute atomic E-state index is 12.9. The molecule has 0 rings (SSSR count). The van der Waals surface area contributed by atoms with E-state index in [0.717, 1.165) is 19.3 Å². The molecule has 0 aromatic rings. The number of nitrogens with two attached hydrogens (primary N) is 1. The van der Waals surface area contributed by atoms with Crippen LogP contribution in [0.2, 0.25) is 0 Å². The molecule has 1 unspecified atom stereocenters. The second-order valence-corrected chi connectivity index (χ2v) is 19.6. The van der Waals surface area contributed by atoms with Crippen LogP contribution in [-0.2, 0) is 4.79 Å². The third-order valence-electron chi connectivity index (χ3n) is 6.82. The van der Waals surface area contributed by atoms with Gasteiger partial charge in [-0.25, -0.2) is 0 Å². The van der Waals surface area contributed by atoms with Gasteiger partial charge in [-0.1, -0.05) is 0 Å². The maximum atomic E-state index is 12.9. The number of hydrogen-bond acceptors (Lipinski definition) is 3. The summed E-state index contributed by atoms with van der Waals surface area (Å²) in [6.45, 7) is 14.2. The Morgan fingerprint density at radius 3 is 2.07 bits per heavy atom. The van der Waals surface area contributed by atoms with Crippen LogP contribution in [0, 0.1) is 29.6 Å². The summed E-state index contributed by atoms with van der Waals surface area (Å²) in [6, 6.07) is 0. The van der Waals surface area contributed by atoms with Crippen LogP contribution in [0.25, 0.3) is 0 Å². The van der Waals surface area contributed by atoms with E-state index in [1.54, 1.807) is 0 Å². The third-order valence-corrected chi connectivity index (χ3v) is 12.4. The molecule has 0 fully saturated rings. The summed E-state index contributed by atoms with van der Waals surface area (Å²) < 4.78 is 10.8. The van der Waals surface area contributed by atoms with Crippen molar-refractivity contribution in [2.24, 2.45) is 35.3 Å². The molecule has 3 N–H and O–H groups in total. The molecule has 7 atom stereocenters. The molecule has 0 aromatic carbocycles. The summed E-state index contributed by atoms with van der Waals surface area (Å²) in [6.07, 6.45) is 6.35. The van der Waals surface area contributed by atoms with Crippen molar-refractivity contribution in [2.45, 2.75) is 95.8 Å². The van der Waals surface area contributed by atoms with Crippen molar-refractivity contribution >= 4 is 17.4 Å². The Labute approximate surface area is 191 Å². The fraction of sp³-hybridized carbons (Fsp3) is 0.958. The molecule has 0 aliphatic heterocycles. The van der Waals surface area contributed by atoms with Crippen LogP contribution in [-0.4, -0.2) is 34.9 Å². The molecule has 178 valence electrons. The van der Waals surface area contributed by atoms with Gasteiger partial charge in [0.15, 0.2) is 0 Å². The minimum absolute atomic E-state index is 0.163. The first-order chi connectivity index (χ1) is 13.3.